The molecule has 0 radical (unpaired) electrons. The maximum Gasteiger partial charge on any atom is 0.328 e. The minimum Gasteiger partial charge on any atom is -0.478 e. The standard InChI is InChI=1S/C16H16O2/c1-12-5-7-13(8-6-12)11-15-4-2-3-14(15)9-10-16(17)18/h2-10,15H,11H2,1H3,(H,17,18)/b10-9+. The van der Waals surface area contributed by atoms with E-state index in [-0.39, 0.29) is 5.92 Å². The molecule has 1 atom stereocenters. The van der Waals surface area contributed by atoms with Crippen LogP contribution in [0.4, 0.5) is 0 Å². The van der Waals surface area contributed by atoms with Gasteiger partial charge in [-0.2, -0.15) is 0 Å². The first-order valence-corrected chi connectivity index (χ1v) is 6.00. The van der Waals surface area contributed by atoms with Crippen molar-refractivity contribution in [1.82, 2.24) is 0 Å². The molecule has 1 aromatic rings. The molecule has 1 N–H and O–H groups in total. The summed E-state index contributed by atoms with van der Waals surface area (Å²) in [7, 11) is 0. The fraction of sp³-hybridized carbons (Fsp3) is 0.188. The zero-order valence-corrected chi connectivity index (χ0v) is 10.3. The molecule has 0 aliphatic heterocycles. The summed E-state index contributed by atoms with van der Waals surface area (Å²) in [5.74, 6) is -0.625. The van der Waals surface area contributed by atoms with Crippen molar-refractivity contribution in [3.05, 3.63) is 71.3 Å². The molecule has 2 rings (SSSR count). The minimum absolute atomic E-state index is 0.281. The van der Waals surface area contributed by atoms with Crippen LogP contribution in [0.5, 0.6) is 0 Å². The van der Waals surface area contributed by atoms with E-state index < -0.39 is 5.97 Å². The van der Waals surface area contributed by atoms with Crippen LogP contribution in [0.3, 0.4) is 0 Å². The van der Waals surface area contributed by atoms with Gasteiger partial charge in [0.25, 0.3) is 0 Å². The van der Waals surface area contributed by atoms with Crippen molar-refractivity contribution >= 4 is 5.97 Å². The average molecular weight is 240 g/mol. The largest absolute Gasteiger partial charge is 0.478 e. The van der Waals surface area contributed by atoms with E-state index in [0.29, 0.717) is 0 Å². The molecule has 92 valence electrons. The van der Waals surface area contributed by atoms with E-state index in [4.69, 9.17) is 5.11 Å². The van der Waals surface area contributed by atoms with Crippen LogP contribution in [0.25, 0.3) is 0 Å². The van der Waals surface area contributed by atoms with Crippen LogP contribution in [0, 0.1) is 12.8 Å². The summed E-state index contributed by atoms with van der Waals surface area (Å²) in [5.41, 5.74) is 3.58. The molecule has 0 saturated carbocycles. The molecule has 2 nitrogen and oxygen atoms in total. The van der Waals surface area contributed by atoms with Crippen molar-refractivity contribution in [3.63, 3.8) is 0 Å². The van der Waals surface area contributed by atoms with Crippen LogP contribution >= 0.6 is 0 Å². The fourth-order valence-corrected chi connectivity index (χ4v) is 2.05. The van der Waals surface area contributed by atoms with Gasteiger partial charge in [-0.25, -0.2) is 4.79 Å². The monoisotopic (exact) mass is 240 g/mol. The normalized spacial score (nSPS) is 18.3. The topological polar surface area (TPSA) is 37.3 Å². The van der Waals surface area contributed by atoms with E-state index in [9.17, 15) is 4.79 Å². The van der Waals surface area contributed by atoms with Crippen LogP contribution in [0.1, 0.15) is 11.1 Å². The summed E-state index contributed by atoms with van der Waals surface area (Å²) in [5, 5.41) is 8.65. The molecule has 1 aliphatic rings. The predicted octanol–water partition coefficient (Wildman–Crippen LogP) is 3.29. The Balaban J connectivity index is 2.05. The first-order chi connectivity index (χ1) is 8.65. The van der Waals surface area contributed by atoms with E-state index >= 15 is 0 Å². The molecular weight excluding hydrogens is 224 g/mol. The first kappa shape index (κ1) is 12.4. The second kappa shape index (κ2) is 5.50. The molecular formula is C16H16O2. The van der Waals surface area contributed by atoms with E-state index in [1.165, 1.54) is 17.2 Å². The molecule has 1 aromatic carbocycles. The number of aliphatic carboxylic acids is 1. The Labute approximate surface area is 107 Å². The number of carboxylic acid groups (broad SMARTS) is 1. The number of carboxylic acids is 1. The molecule has 2 heteroatoms. The van der Waals surface area contributed by atoms with Crippen molar-refractivity contribution in [2.45, 2.75) is 13.3 Å². The van der Waals surface area contributed by atoms with Gasteiger partial charge in [-0.05, 0) is 24.5 Å². The summed E-state index contributed by atoms with van der Waals surface area (Å²) >= 11 is 0. The second-order valence-electron chi connectivity index (χ2n) is 4.52. The summed E-state index contributed by atoms with van der Waals surface area (Å²) in [6.07, 6.45) is 9.86. The van der Waals surface area contributed by atoms with Crippen LogP contribution in [0.2, 0.25) is 0 Å². The van der Waals surface area contributed by atoms with Gasteiger partial charge < -0.3 is 5.11 Å². The molecule has 1 aliphatic carbocycles. The van der Waals surface area contributed by atoms with Gasteiger partial charge in [-0.15, -0.1) is 0 Å². The zero-order valence-electron chi connectivity index (χ0n) is 10.3. The van der Waals surface area contributed by atoms with Gasteiger partial charge in [0.15, 0.2) is 0 Å². The van der Waals surface area contributed by atoms with E-state index in [0.717, 1.165) is 12.0 Å². The summed E-state index contributed by atoms with van der Waals surface area (Å²) in [6, 6.07) is 8.45. The predicted molar refractivity (Wildman–Crippen MR) is 72.4 cm³/mol. The van der Waals surface area contributed by atoms with Crippen LogP contribution in [-0.4, -0.2) is 11.1 Å². The molecule has 0 saturated heterocycles. The molecule has 0 aromatic heterocycles. The molecule has 0 spiro atoms. The number of hydrogen-bond acceptors (Lipinski definition) is 1. The summed E-state index contributed by atoms with van der Waals surface area (Å²) in [6.45, 7) is 2.07. The van der Waals surface area contributed by atoms with Crippen molar-refractivity contribution in [2.75, 3.05) is 0 Å². The second-order valence-corrected chi connectivity index (χ2v) is 4.52. The smallest absolute Gasteiger partial charge is 0.328 e. The van der Waals surface area contributed by atoms with Crippen molar-refractivity contribution < 1.29 is 9.90 Å². The highest BCUT2D eigenvalue weighted by atomic mass is 16.4. The molecule has 1 unspecified atom stereocenters. The lowest BCUT2D eigenvalue weighted by Crippen LogP contribution is -2.02. The third kappa shape index (κ3) is 3.20. The lowest BCUT2D eigenvalue weighted by molar-refractivity contribution is -0.131. The minimum atomic E-state index is -0.906. The Morgan fingerprint density at radius 3 is 2.72 bits per heavy atom. The summed E-state index contributed by atoms with van der Waals surface area (Å²) in [4.78, 5) is 10.5. The molecule has 0 fully saturated rings. The van der Waals surface area contributed by atoms with Gasteiger partial charge in [-0.3, -0.25) is 0 Å². The molecule has 18 heavy (non-hydrogen) atoms. The van der Waals surface area contributed by atoms with E-state index in [2.05, 4.69) is 37.3 Å². The van der Waals surface area contributed by atoms with Gasteiger partial charge >= 0.3 is 5.97 Å². The van der Waals surface area contributed by atoms with Gasteiger partial charge in [0, 0.05) is 12.0 Å². The number of allylic oxidation sites excluding steroid dienone is 5. The van der Waals surface area contributed by atoms with Crippen molar-refractivity contribution in [1.29, 1.82) is 0 Å². The van der Waals surface area contributed by atoms with Gasteiger partial charge in [0.05, 0.1) is 0 Å². The molecule has 0 heterocycles. The lowest BCUT2D eigenvalue weighted by atomic mass is 9.94. The van der Waals surface area contributed by atoms with Crippen LogP contribution in [0.15, 0.2) is 60.2 Å². The lowest BCUT2D eigenvalue weighted by Gasteiger charge is -2.11. The fourth-order valence-electron chi connectivity index (χ4n) is 2.05. The Morgan fingerprint density at radius 2 is 2.06 bits per heavy atom. The third-order valence-electron chi connectivity index (χ3n) is 3.05. The highest BCUT2D eigenvalue weighted by Crippen LogP contribution is 2.24. The number of aryl methyl sites for hydroxylation is 1. The Hall–Kier alpha value is -2.09. The quantitative estimate of drug-likeness (QED) is 0.820. The number of benzene rings is 1. The molecule has 0 amide bonds. The summed E-state index contributed by atoms with van der Waals surface area (Å²) < 4.78 is 0. The average Bonchev–Trinajstić information content (AvgIpc) is 2.77. The third-order valence-corrected chi connectivity index (χ3v) is 3.05. The first-order valence-electron chi connectivity index (χ1n) is 6.00. The zero-order chi connectivity index (χ0) is 13.0. The number of hydrogen-bond donors (Lipinski definition) is 1. The van der Waals surface area contributed by atoms with E-state index in [1.54, 1.807) is 6.08 Å². The van der Waals surface area contributed by atoms with Gasteiger partial charge in [0.2, 0.25) is 0 Å². The maximum absolute atomic E-state index is 10.5. The van der Waals surface area contributed by atoms with E-state index in [1.807, 2.05) is 12.2 Å². The highest BCUT2D eigenvalue weighted by molar-refractivity contribution is 5.80. The van der Waals surface area contributed by atoms with Crippen molar-refractivity contribution in [3.8, 4) is 0 Å². The van der Waals surface area contributed by atoms with Crippen LogP contribution < -0.4 is 0 Å². The van der Waals surface area contributed by atoms with Gasteiger partial charge in [-0.1, -0.05) is 54.1 Å². The Morgan fingerprint density at radius 1 is 1.33 bits per heavy atom. The Kier molecular flexibility index (Phi) is 3.78. The SMILES string of the molecule is Cc1ccc(CC2C=CC=C2/C=C/C(=O)O)cc1. The number of carbonyl (C=O) groups is 1. The van der Waals surface area contributed by atoms with Crippen molar-refractivity contribution in [2.24, 2.45) is 5.92 Å². The Bertz CT molecular complexity index is 519. The number of rotatable bonds is 4. The maximum atomic E-state index is 10.5. The highest BCUT2D eigenvalue weighted by Gasteiger charge is 2.13. The van der Waals surface area contributed by atoms with Gasteiger partial charge in [0.1, 0.15) is 0 Å². The van der Waals surface area contributed by atoms with Crippen LogP contribution in [-0.2, 0) is 11.2 Å². The molecule has 0 bridgehead atoms.